The predicted molar refractivity (Wildman–Crippen MR) is 79.3 cm³/mol. The Bertz CT molecular complexity index is 565. The first kappa shape index (κ1) is 12.9. The summed E-state index contributed by atoms with van der Waals surface area (Å²) in [5, 5.41) is 4.59. The monoisotopic (exact) mass is 323 g/mol. The number of piperidine rings is 1. The quantitative estimate of drug-likeness (QED) is 0.940. The summed E-state index contributed by atoms with van der Waals surface area (Å²) in [6, 6.07) is 4.45. The van der Waals surface area contributed by atoms with Crippen LogP contribution in [0.5, 0.6) is 0 Å². The molecule has 1 fully saturated rings. The summed E-state index contributed by atoms with van der Waals surface area (Å²) in [5.41, 5.74) is 6.60. The number of halogens is 1. The van der Waals surface area contributed by atoms with Gasteiger partial charge in [0.05, 0.1) is 0 Å². The van der Waals surface area contributed by atoms with Crippen LogP contribution in [-0.2, 0) is 0 Å². The lowest BCUT2D eigenvalue weighted by Gasteiger charge is -2.34. The molecule has 0 bridgehead atoms. The lowest BCUT2D eigenvalue weighted by molar-refractivity contribution is 0.435. The number of rotatable bonds is 3. The molecule has 0 spiro atoms. The highest BCUT2D eigenvalue weighted by molar-refractivity contribution is 9.10. The van der Waals surface area contributed by atoms with Gasteiger partial charge in [0.25, 0.3) is 0 Å². The highest BCUT2D eigenvalue weighted by Gasteiger charge is 2.24. The molecule has 3 heterocycles. The van der Waals surface area contributed by atoms with Crippen molar-refractivity contribution in [2.24, 2.45) is 5.73 Å². The summed E-state index contributed by atoms with van der Waals surface area (Å²) in [7, 11) is 0. The van der Waals surface area contributed by atoms with Gasteiger partial charge in [-0.2, -0.15) is 4.98 Å². The van der Waals surface area contributed by atoms with Gasteiger partial charge >= 0.3 is 0 Å². The van der Waals surface area contributed by atoms with Gasteiger partial charge in [0.1, 0.15) is 0 Å². The minimum Gasteiger partial charge on any atom is -0.336 e. The first-order chi connectivity index (χ1) is 9.28. The number of fused-ring (bicyclic) bond motifs is 1. The van der Waals surface area contributed by atoms with E-state index in [1.165, 1.54) is 19.3 Å². The minimum absolute atomic E-state index is 0.486. The molecule has 102 valence electrons. The summed E-state index contributed by atoms with van der Waals surface area (Å²) >= 11 is 3.46. The normalized spacial score (nSPS) is 20.1. The van der Waals surface area contributed by atoms with Gasteiger partial charge in [-0.05, 0) is 60.3 Å². The molecule has 1 unspecified atom stereocenters. The lowest BCUT2D eigenvalue weighted by Crippen LogP contribution is -2.41. The number of hydrogen-bond donors (Lipinski definition) is 1. The maximum absolute atomic E-state index is 5.72. The summed E-state index contributed by atoms with van der Waals surface area (Å²) in [6.45, 7) is 1.75. The minimum atomic E-state index is 0.486. The molecule has 1 atom stereocenters. The predicted octanol–water partition coefficient (Wildman–Crippen LogP) is 2.20. The molecule has 19 heavy (non-hydrogen) atoms. The number of pyridine rings is 1. The van der Waals surface area contributed by atoms with Crippen LogP contribution in [0, 0.1) is 0 Å². The highest BCUT2D eigenvalue weighted by atomic mass is 79.9. The van der Waals surface area contributed by atoms with Crippen LogP contribution in [0.25, 0.3) is 5.65 Å². The number of anilines is 1. The molecule has 3 rings (SSSR count). The third-order valence-corrected chi connectivity index (χ3v) is 4.14. The van der Waals surface area contributed by atoms with Gasteiger partial charge < -0.3 is 10.6 Å². The Morgan fingerprint density at radius 2 is 2.26 bits per heavy atom. The summed E-state index contributed by atoms with van der Waals surface area (Å²) in [6.07, 6.45) is 6.63. The van der Waals surface area contributed by atoms with Crippen LogP contribution in [-0.4, -0.2) is 33.7 Å². The molecule has 0 aliphatic carbocycles. The van der Waals surface area contributed by atoms with Crippen LogP contribution in [0.2, 0.25) is 0 Å². The molecular formula is C13H18BrN5. The van der Waals surface area contributed by atoms with E-state index in [-0.39, 0.29) is 0 Å². The lowest BCUT2D eigenvalue weighted by atomic mass is 10.00. The Kier molecular flexibility index (Phi) is 3.70. The summed E-state index contributed by atoms with van der Waals surface area (Å²) in [4.78, 5) is 6.94. The van der Waals surface area contributed by atoms with Crippen molar-refractivity contribution in [2.45, 2.75) is 31.7 Å². The van der Waals surface area contributed by atoms with Crippen molar-refractivity contribution in [2.75, 3.05) is 18.0 Å². The van der Waals surface area contributed by atoms with Gasteiger partial charge in [-0.15, -0.1) is 5.10 Å². The standard InChI is InChI=1S/C13H18BrN5/c14-10-4-5-12-16-13(17-19(12)9-10)18-8-2-1-3-11(18)6-7-15/h4-5,9,11H,1-3,6-8,15H2. The van der Waals surface area contributed by atoms with Crippen LogP contribution < -0.4 is 10.6 Å². The van der Waals surface area contributed by atoms with Gasteiger partial charge in [-0.3, -0.25) is 0 Å². The van der Waals surface area contributed by atoms with Crippen molar-refractivity contribution in [3.8, 4) is 0 Å². The second-order valence-electron chi connectivity index (χ2n) is 4.98. The number of nitrogens with two attached hydrogens (primary N) is 1. The SMILES string of the molecule is NCCC1CCCCN1c1nc2ccc(Br)cn2n1. The van der Waals surface area contributed by atoms with E-state index >= 15 is 0 Å². The zero-order valence-corrected chi connectivity index (χ0v) is 12.4. The Balaban J connectivity index is 1.92. The zero-order chi connectivity index (χ0) is 13.2. The first-order valence-electron chi connectivity index (χ1n) is 6.76. The molecule has 2 aromatic rings. The number of aromatic nitrogens is 3. The molecule has 2 aromatic heterocycles. The van der Waals surface area contributed by atoms with Crippen molar-refractivity contribution in [1.82, 2.24) is 14.6 Å². The fourth-order valence-electron chi connectivity index (χ4n) is 2.72. The topological polar surface area (TPSA) is 59.5 Å². The third kappa shape index (κ3) is 2.60. The van der Waals surface area contributed by atoms with E-state index in [0.29, 0.717) is 6.04 Å². The van der Waals surface area contributed by atoms with Gasteiger partial charge in [0.15, 0.2) is 5.65 Å². The van der Waals surface area contributed by atoms with Crippen molar-refractivity contribution in [3.63, 3.8) is 0 Å². The van der Waals surface area contributed by atoms with E-state index in [0.717, 1.165) is 35.6 Å². The molecule has 1 aliphatic heterocycles. The summed E-state index contributed by atoms with van der Waals surface area (Å²) < 4.78 is 2.83. The van der Waals surface area contributed by atoms with Gasteiger partial charge in [-0.1, -0.05) is 0 Å². The molecule has 0 amide bonds. The van der Waals surface area contributed by atoms with E-state index in [1.807, 2.05) is 22.8 Å². The largest absolute Gasteiger partial charge is 0.336 e. The maximum atomic E-state index is 5.72. The fraction of sp³-hybridized carbons (Fsp3) is 0.538. The average Bonchev–Trinajstić information content (AvgIpc) is 2.82. The number of nitrogens with zero attached hydrogens (tertiary/aromatic N) is 4. The Morgan fingerprint density at radius 1 is 1.37 bits per heavy atom. The van der Waals surface area contributed by atoms with E-state index in [4.69, 9.17) is 5.73 Å². The zero-order valence-electron chi connectivity index (χ0n) is 10.8. The Morgan fingerprint density at radius 3 is 3.11 bits per heavy atom. The third-order valence-electron chi connectivity index (χ3n) is 3.67. The van der Waals surface area contributed by atoms with Gasteiger partial charge in [0, 0.05) is 23.3 Å². The van der Waals surface area contributed by atoms with E-state index < -0.39 is 0 Å². The molecular weight excluding hydrogens is 306 g/mol. The summed E-state index contributed by atoms with van der Waals surface area (Å²) in [5.74, 6) is 0.830. The van der Waals surface area contributed by atoms with E-state index in [9.17, 15) is 0 Å². The molecule has 5 nitrogen and oxygen atoms in total. The molecule has 6 heteroatoms. The average molecular weight is 324 g/mol. The second kappa shape index (κ2) is 5.46. The van der Waals surface area contributed by atoms with Crippen molar-refractivity contribution in [1.29, 1.82) is 0 Å². The van der Waals surface area contributed by atoms with Crippen LogP contribution in [0.4, 0.5) is 5.95 Å². The van der Waals surface area contributed by atoms with Gasteiger partial charge in [-0.25, -0.2) is 4.52 Å². The van der Waals surface area contributed by atoms with Crippen molar-refractivity contribution in [3.05, 3.63) is 22.8 Å². The molecule has 2 N–H and O–H groups in total. The fourth-order valence-corrected chi connectivity index (χ4v) is 3.05. The van der Waals surface area contributed by atoms with Gasteiger partial charge in [0.2, 0.25) is 5.95 Å². The smallest absolute Gasteiger partial charge is 0.245 e. The molecule has 1 aliphatic rings. The molecule has 0 aromatic carbocycles. The first-order valence-corrected chi connectivity index (χ1v) is 7.56. The highest BCUT2D eigenvalue weighted by Crippen LogP contribution is 2.24. The molecule has 1 saturated heterocycles. The maximum Gasteiger partial charge on any atom is 0.245 e. The van der Waals surface area contributed by atoms with E-state index in [1.54, 1.807) is 0 Å². The van der Waals surface area contributed by atoms with Crippen LogP contribution in [0.1, 0.15) is 25.7 Å². The Labute approximate surface area is 120 Å². The molecule has 0 saturated carbocycles. The van der Waals surface area contributed by atoms with E-state index in [2.05, 4.69) is 30.9 Å². The van der Waals surface area contributed by atoms with Crippen molar-refractivity contribution >= 4 is 27.5 Å². The van der Waals surface area contributed by atoms with Crippen LogP contribution >= 0.6 is 15.9 Å². The second-order valence-corrected chi connectivity index (χ2v) is 5.90. The van der Waals surface area contributed by atoms with Crippen LogP contribution in [0.3, 0.4) is 0 Å². The number of hydrogen-bond acceptors (Lipinski definition) is 4. The molecule has 0 radical (unpaired) electrons. The van der Waals surface area contributed by atoms with Crippen LogP contribution in [0.15, 0.2) is 22.8 Å². The Hall–Kier alpha value is -1.14. The van der Waals surface area contributed by atoms with Crippen molar-refractivity contribution < 1.29 is 0 Å².